The van der Waals surface area contributed by atoms with Crippen molar-refractivity contribution in [2.45, 2.75) is 75.0 Å². The molecule has 2 aliphatic carbocycles. The minimum atomic E-state index is 0.0784. The number of aryl methyl sites for hydroxylation is 1. The van der Waals surface area contributed by atoms with Crippen LogP contribution < -0.4 is 5.32 Å². The van der Waals surface area contributed by atoms with Gasteiger partial charge >= 0.3 is 0 Å². The largest absolute Gasteiger partial charge is 0.349 e. The fraction of sp³-hybridized carbons (Fsp3) is 0.480. The van der Waals surface area contributed by atoms with Crippen LogP contribution in [0.25, 0.3) is 0 Å². The maximum atomic E-state index is 12.9. The van der Waals surface area contributed by atoms with E-state index >= 15 is 0 Å². The lowest BCUT2D eigenvalue weighted by Crippen LogP contribution is -2.32. The third-order valence-electron chi connectivity index (χ3n) is 6.62. The highest BCUT2D eigenvalue weighted by molar-refractivity contribution is 7.99. The second kappa shape index (κ2) is 10.2. The SMILES string of the molecule is O=C(CSc1nnc(Cc2cccs2)n1C1CCCCC1)N[C@H]1CCCc2ccccc21. The van der Waals surface area contributed by atoms with Crippen molar-refractivity contribution in [3.05, 3.63) is 63.6 Å². The molecule has 0 spiro atoms. The van der Waals surface area contributed by atoms with Gasteiger partial charge in [0.1, 0.15) is 5.82 Å². The van der Waals surface area contributed by atoms with E-state index in [4.69, 9.17) is 0 Å². The van der Waals surface area contributed by atoms with Gasteiger partial charge in [-0.05, 0) is 54.7 Å². The number of thioether (sulfide) groups is 1. The van der Waals surface area contributed by atoms with Gasteiger partial charge in [-0.3, -0.25) is 4.79 Å². The molecule has 0 aliphatic heterocycles. The van der Waals surface area contributed by atoms with Gasteiger partial charge < -0.3 is 9.88 Å². The molecule has 1 N–H and O–H groups in total. The molecule has 2 aromatic heterocycles. The van der Waals surface area contributed by atoms with Crippen molar-refractivity contribution in [1.29, 1.82) is 0 Å². The number of fused-ring (bicyclic) bond motifs is 1. The van der Waals surface area contributed by atoms with Crippen molar-refractivity contribution in [3.8, 4) is 0 Å². The molecule has 5 rings (SSSR count). The molecule has 0 saturated heterocycles. The molecule has 5 nitrogen and oxygen atoms in total. The maximum Gasteiger partial charge on any atom is 0.230 e. The third-order valence-corrected chi connectivity index (χ3v) is 8.44. The van der Waals surface area contributed by atoms with E-state index in [9.17, 15) is 4.79 Å². The van der Waals surface area contributed by atoms with Gasteiger partial charge in [-0.15, -0.1) is 21.5 Å². The van der Waals surface area contributed by atoms with Crippen LogP contribution in [0.3, 0.4) is 0 Å². The molecule has 32 heavy (non-hydrogen) atoms. The second-order valence-corrected chi connectivity index (χ2v) is 10.8. The van der Waals surface area contributed by atoms with Crippen molar-refractivity contribution >= 4 is 29.0 Å². The molecule has 1 aromatic carbocycles. The second-order valence-electron chi connectivity index (χ2n) is 8.82. The third kappa shape index (κ3) is 4.94. The fourth-order valence-corrected chi connectivity index (χ4v) is 6.61. The van der Waals surface area contributed by atoms with E-state index in [2.05, 4.69) is 61.9 Å². The number of carbonyl (C=O) groups is 1. The predicted octanol–water partition coefficient (Wildman–Crippen LogP) is 5.72. The normalized spacial score (nSPS) is 18.9. The van der Waals surface area contributed by atoms with Crippen molar-refractivity contribution in [2.75, 3.05) is 5.75 Å². The summed E-state index contributed by atoms with van der Waals surface area (Å²) < 4.78 is 2.34. The molecular formula is C25H30N4OS2. The monoisotopic (exact) mass is 466 g/mol. The summed E-state index contributed by atoms with van der Waals surface area (Å²) >= 11 is 3.30. The summed E-state index contributed by atoms with van der Waals surface area (Å²) in [5.74, 6) is 1.49. The number of nitrogens with one attached hydrogen (secondary N) is 1. The number of rotatable bonds is 7. The number of aromatic nitrogens is 3. The number of hydrogen-bond acceptors (Lipinski definition) is 5. The molecule has 168 valence electrons. The Morgan fingerprint density at radius 3 is 2.78 bits per heavy atom. The van der Waals surface area contributed by atoms with Gasteiger partial charge in [-0.2, -0.15) is 0 Å². The van der Waals surface area contributed by atoms with Crippen molar-refractivity contribution < 1.29 is 4.79 Å². The number of hydrogen-bond donors (Lipinski definition) is 1. The number of carbonyl (C=O) groups excluding carboxylic acids is 1. The summed E-state index contributed by atoms with van der Waals surface area (Å²) in [4.78, 5) is 14.2. The lowest BCUT2D eigenvalue weighted by Gasteiger charge is -2.27. The summed E-state index contributed by atoms with van der Waals surface area (Å²) in [6, 6.07) is 13.3. The van der Waals surface area contributed by atoms with Gasteiger partial charge in [0.25, 0.3) is 0 Å². The van der Waals surface area contributed by atoms with Crippen LogP contribution in [0.15, 0.2) is 46.9 Å². The molecule has 1 atom stereocenters. The first-order chi connectivity index (χ1) is 15.8. The Morgan fingerprint density at radius 2 is 1.94 bits per heavy atom. The number of benzene rings is 1. The Labute approximate surface area is 198 Å². The van der Waals surface area contributed by atoms with Crippen LogP contribution in [-0.4, -0.2) is 26.4 Å². The topological polar surface area (TPSA) is 59.8 Å². The van der Waals surface area contributed by atoms with Crippen LogP contribution in [0.2, 0.25) is 0 Å². The van der Waals surface area contributed by atoms with Crippen LogP contribution in [-0.2, 0) is 17.6 Å². The quantitative estimate of drug-likeness (QED) is 0.452. The van der Waals surface area contributed by atoms with Gasteiger partial charge in [0.05, 0.1) is 11.8 Å². The first kappa shape index (κ1) is 21.7. The fourth-order valence-electron chi connectivity index (χ4n) is 5.07. The highest BCUT2D eigenvalue weighted by atomic mass is 32.2. The van der Waals surface area contributed by atoms with Gasteiger partial charge in [-0.1, -0.05) is 61.4 Å². The lowest BCUT2D eigenvalue weighted by atomic mass is 9.88. The Kier molecular flexibility index (Phi) is 6.93. The van der Waals surface area contributed by atoms with E-state index in [0.717, 1.165) is 36.7 Å². The zero-order valence-corrected chi connectivity index (χ0v) is 20.0. The van der Waals surface area contributed by atoms with Crippen molar-refractivity contribution in [1.82, 2.24) is 20.1 Å². The Bertz CT molecular complexity index is 1040. The maximum absolute atomic E-state index is 12.9. The first-order valence-electron chi connectivity index (χ1n) is 11.7. The van der Waals surface area contributed by atoms with Crippen molar-refractivity contribution in [3.63, 3.8) is 0 Å². The van der Waals surface area contributed by atoms with Gasteiger partial charge in [-0.25, -0.2) is 0 Å². The molecular weight excluding hydrogens is 436 g/mol. The molecule has 1 fully saturated rings. The van der Waals surface area contributed by atoms with Crippen molar-refractivity contribution in [2.24, 2.45) is 0 Å². The van der Waals surface area contributed by atoms with Crippen LogP contribution in [0.4, 0.5) is 0 Å². The zero-order chi connectivity index (χ0) is 21.8. The van der Waals surface area contributed by atoms with Gasteiger partial charge in [0.15, 0.2) is 5.16 Å². The minimum Gasteiger partial charge on any atom is -0.349 e. The van der Waals surface area contributed by atoms with E-state index in [1.165, 1.54) is 59.9 Å². The van der Waals surface area contributed by atoms with Crippen LogP contribution in [0, 0.1) is 0 Å². The van der Waals surface area contributed by atoms with Gasteiger partial charge in [0.2, 0.25) is 5.91 Å². The summed E-state index contributed by atoms with van der Waals surface area (Å²) in [6.45, 7) is 0. The van der Waals surface area contributed by atoms with E-state index in [0.29, 0.717) is 11.8 Å². The number of thiophene rings is 1. The van der Waals surface area contributed by atoms with Crippen LogP contribution in [0.1, 0.15) is 78.9 Å². The standard InChI is InChI=1S/C25H30N4OS2/c30-24(26-22-14-6-9-18-8-4-5-13-21(18)22)17-32-25-28-27-23(16-20-12-7-15-31-20)29(25)19-10-2-1-3-11-19/h4-5,7-8,12-13,15,19,22H,1-3,6,9-11,14,16-17H2,(H,26,30)/t22-/m0/s1. The van der Waals surface area contributed by atoms with Gasteiger partial charge in [0, 0.05) is 17.3 Å². The predicted molar refractivity (Wildman–Crippen MR) is 130 cm³/mol. The highest BCUT2D eigenvalue weighted by Crippen LogP contribution is 2.34. The molecule has 0 unspecified atom stereocenters. The summed E-state index contributed by atoms with van der Waals surface area (Å²) in [7, 11) is 0. The molecule has 2 aliphatic rings. The average molecular weight is 467 g/mol. The summed E-state index contributed by atoms with van der Waals surface area (Å²) in [5.41, 5.74) is 2.65. The highest BCUT2D eigenvalue weighted by Gasteiger charge is 2.25. The molecule has 0 radical (unpaired) electrons. The smallest absolute Gasteiger partial charge is 0.230 e. The Morgan fingerprint density at radius 1 is 1.06 bits per heavy atom. The minimum absolute atomic E-state index is 0.0784. The van der Waals surface area contributed by atoms with E-state index in [1.807, 2.05) is 0 Å². The molecule has 2 heterocycles. The molecule has 0 bridgehead atoms. The Hall–Kier alpha value is -2.12. The number of nitrogens with zero attached hydrogens (tertiary/aromatic N) is 3. The average Bonchev–Trinajstić information content (AvgIpc) is 3.49. The van der Waals surface area contributed by atoms with E-state index in [-0.39, 0.29) is 11.9 Å². The van der Waals surface area contributed by atoms with E-state index in [1.54, 1.807) is 11.3 Å². The molecule has 7 heteroatoms. The summed E-state index contributed by atoms with van der Waals surface area (Å²) in [6.07, 6.45) is 10.2. The molecule has 1 amide bonds. The zero-order valence-electron chi connectivity index (χ0n) is 18.3. The van der Waals surface area contributed by atoms with E-state index < -0.39 is 0 Å². The van der Waals surface area contributed by atoms with Crippen LogP contribution in [0.5, 0.6) is 0 Å². The summed E-state index contributed by atoms with van der Waals surface area (Å²) in [5, 5.41) is 15.4. The Balaban J connectivity index is 1.27. The lowest BCUT2D eigenvalue weighted by molar-refractivity contribution is -0.119. The van der Waals surface area contributed by atoms with Crippen LogP contribution >= 0.6 is 23.1 Å². The molecule has 1 saturated carbocycles. The number of amides is 1. The molecule has 3 aromatic rings. The first-order valence-corrected chi connectivity index (χ1v) is 13.6.